The second-order valence-electron chi connectivity index (χ2n) is 4.13. The number of carbonyl (C=O) groups excluding carboxylic acids is 1. The van der Waals surface area contributed by atoms with Gasteiger partial charge in [0.15, 0.2) is 0 Å². The monoisotopic (exact) mass is 251 g/mol. The molecule has 0 bridgehead atoms. The van der Waals surface area contributed by atoms with E-state index in [-0.39, 0.29) is 23.6 Å². The predicted octanol–water partition coefficient (Wildman–Crippen LogP) is 1.69. The Morgan fingerprint density at radius 2 is 2.00 bits per heavy atom. The number of phenols is 1. The van der Waals surface area contributed by atoms with Crippen molar-refractivity contribution in [3.05, 3.63) is 29.3 Å². The summed E-state index contributed by atoms with van der Waals surface area (Å²) in [6, 6.07) is 4.84. The summed E-state index contributed by atoms with van der Waals surface area (Å²) in [5.74, 6) is -1.22. The molecule has 0 spiro atoms. The molecule has 18 heavy (non-hydrogen) atoms. The van der Waals surface area contributed by atoms with Crippen LogP contribution in [0.3, 0.4) is 0 Å². The molecule has 0 saturated heterocycles. The van der Waals surface area contributed by atoms with E-state index in [4.69, 9.17) is 5.11 Å². The van der Waals surface area contributed by atoms with Crippen molar-refractivity contribution in [3.63, 3.8) is 0 Å². The summed E-state index contributed by atoms with van der Waals surface area (Å²) >= 11 is 0. The lowest BCUT2D eigenvalue weighted by atomic mass is 10.1. The lowest BCUT2D eigenvalue weighted by Gasteiger charge is -2.07. The van der Waals surface area contributed by atoms with Gasteiger partial charge in [-0.05, 0) is 37.5 Å². The molecule has 98 valence electrons. The molecule has 0 heterocycles. The van der Waals surface area contributed by atoms with Crippen LogP contribution in [0.15, 0.2) is 18.2 Å². The molecule has 1 aromatic carbocycles. The number of amides is 1. The molecular formula is C13H17NO4. The maximum Gasteiger partial charge on any atom is 0.303 e. The Labute approximate surface area is 105 Å². The first kappa shape index (κ1) is 14.0. The standard InChI is InChI=1S/C13H17NO4/c1-9-5-6-10(11(15)8-9)13(18)14-7-3-2-4-12(16)17/h5-6,8,15H,2-4,7H2,1H3,(H,14,18)(H,16,17). The zero-order chi connectivity index (χ0) is 13.5. The summed E-state index contributed by atoms with van der Waals surface area (Å²) < 4.78 is 0. The number of hydrogen-bond acceptors (Lipinski definition) is 3. The number of aromatic hydroxyl groups is 1. The number of benzene rings is 1. The number of hydrogen-bond donors (Lipinski definition) is 3. The molecular weight excluding hydrogens is 234 g/mol. The Morgan fingerprint density at radius 1 is 1.28 bits per heavy atom. The van der Waals surface area contributed by atoms with Crippen molar-refractivity contribution in [3.8, 4) is 5.75 Å². The van der Waals surface area contributed by atoms with Crippen LogP contribution in [0.1, 0.15) is 35.2 Å². The number of nitrogens with one attached hydrogen (secondary N) is 1. The number of carbonyl (C=O) groups is 2. The third-order valence-electron chi connectivity index (χ3n) is 2.50. The molecule has 5 heteroatoms. The molecule has 3 N–H and O–H groups in total. The molecule has 0 unspecified atom stereocenters. The van der Waals surface area contributed by atoms with Crippen molar-refractivity contribution in [2.45, 2.75) is 26.2 Å². The van der Waals surface area contributed by atoms with Crippen LogP contribution in [0.4, 0.5) is 0 Å². The summed E-state index contributed by atoms with van der Waals surface area (Å²) in [5, 5.41) is 20.7. The van der Waals surface area contributed by atoms with Gasteiger partial charge < -0.3 is 15.5 Å². The first-order valence-electron chi connectivity index (χ1n) is 5.80. The fourth-order valence-electron chi connectivity index (χ4n) is 1.53. The number of aliphatic carboxylic acids is 1. The Morgan fingerprint density at radius 3 is 2.61 bits per heavy atom. The van der Waals surface area contributed by atoms with Gasteiger partial charge in [0.2, 0.25) is 0 Å². The highest BCUT2D eigenvalue weighted by atomic mass is 16.4. The minimum atomic E-state index is -0.836. The zero-order valence-electron chi connectivity index (χ0n) is 10.3. The van der Waals surface area contributed by atoms with Crippen molar-refractivity contribution in [1.29, 1.82) is 0 Å². The van der Waals surface area contributed by atoms with Crippen molar-refractivity contribution < 1.29 is 19.8 Å². The lowest BCUT2D eigenvalue weighted by Crippen LogP contribution is -2.24. The number of carboxylic acid groups (broad SMARTS) is 1. The maximum absolute atomic E-state index is 11.7. The quantitative estimate of drug-likeness (QED) is 0.671. The number of aryl methyl sites for hydroxylation is 1. The number of carboxylic acids is 1. The van der Waals surface area contributed by atoms with Crippen LogP contribution in [0.25, 0.3) is 0 Å². The fraction of sp³-hybridized carbons (Fsp3) is 0.385. The lowest BCUT2D eigenvalue weighted by molar-refractivity contribution is -0.137. The summed E-state index contributed by atoms with van der Waals surface area (Å²) in [4.78, 5) is 22.0. The van der Waals surface area contributed by atoms with Crippen molar-refractivity contribution >= 4 is 11.9 Å². The molecule has 0 radical (unpaired) electrons. The largest absolute Gasteiger partial charge is 0.507 e. The van der Waals surface area contributed by atoms with Gasteiger partial charge in [0, 0.05) is 13.0 Å². The van der Waals surface area contributed by atoms with Gasteiger partial charge in [-0.3, -0.25) is 9.59 Å². The molecule has 0 atom stereocenters. The molecule has 0 aliphatic heterocycles. The highest BCUT2D eigenvalue weighted by Gasteiger charge is 2.10. The predicted molar refractivity (Wildman–Crippen MR) is 66.7 cm³/mol. The van der Waals surface area contributed by atoms with Gasteiger partial charge in [0.05, 0.1) is 5.56 Å². The molecule has 1 aromatic rings. The number of phenolic OH excluding ortho intramolecular Hbond substituents is 1. The van der Waals surface area contributed by atoms with Crippen LogP contribution in [0.5, 0.6) is 5.75 Å². The first-order chi connectivity index (χ1) is 8.50. The normalized spacial score (nSPS) is 10.1. The molecule has 0 saturated carbocycles. The van der Waals surface area contributed by atoms with Crippen LogP contribution < -0.4 is 5.32 Å². The SMILES string of the molecule is Cc1ccc(C(=O)NCCCCC(=O)O)c(O)c1. The summed E-state index contributed by atoms with van der Waals surface area (Å²) in [6.45, 7) is 2.23. The summed E-state index contributed by atoms with van der Waals surface area (Å²) in [5.41, 5.74) is 1.12. The fourth-order valence-corrected chi connectivity index (χ4v) is 1.53. The van der Waals surface area contributed by atoms with Crippen molar-refractivity contribution in [1.82, 2.24) is 5.32 Å². The van der Waals surface area contributed by atoms with Gasteiger partial charge >= 0.3 is 5.97 Å². The zero-order valence-corrected chi connectivity index (χ0v) is 10.3. The Kier molecular flexibility index (Phi) is 5.17. The van der Waals surface area contributed by atoms with E-state index in [0.717, 1.165) is 5.56 Å². The molecule has 0 aromatic heterocycles. The topological polar surface area (TPSA) is 86.6 Å². The van der Waals surface area contributed by atoms with Gasteiger partial charge in [0.1, 0.15) is 5.75 Å². The molecule has 0 aliphatic rings. The molecule has 0 fully saturated rings. The highest BCUT2D eigenvalue weighted by Crippen LogP contribution is 2.17. The molecule has 0 aliphatic carbocycles. The molecule has 1 rings (SSSR count). The van der Waals surface area contributed by atoms with Gasteiger partial charge in [0.25, 0.3) is 5.91 Å². The second kappa shape index (κ2) is 6.64. The third kappa shape index (κ3) is 4.45. The molecule has 1 amide bonds. The van der Waals surface area contributed by atoms with E-state index in [9.17, 15) is 14.7 Å². The average Bonchev–Trinajstić information content (AvgIpc) is 2.27. The average molecular weight is 251 g/mol. The minimum Gasteiger partial charge on any atom is -0.507 e. The number of unbranched alkanes of at least 4 members (excludes halogenated alkanes) is 1. The second-order valence-corrected chi connectivity index (χ2v) is 4.13. The van der Waals surface area contributed by atoms with E-state index in [2.05, 4.69) is 5.32 Å². The maximum atomic E-state index is 11.7. The van der Waals surface area contributed by atoms with E-state index >= 15 is 0 Å². The van der Waals surface area contributed by atoms with Crippen LogP contribution in [-0.2, 0) is 4.79 Å². The summed E-state index contributed by atoms with van der Waals surface area (Å²) in [6.07, 6.45) is 1.23. The Hall–Kier alpha value is -2.04. The van der Waals surface area contributed by atoms with Crippen LogP contribution in [0.2, 0.25) is 0 Å². The minimum absolute atomic E-state index is 0.0435. The van der Waals surface area contributed by atoms with Gasteiger partial charge in [-0.1, -0.05) is 6.07 Å². The van der Waals surface area contributed by atoms with E-state index in [1.807, 2.05) is 6.92 Å². The van der Waals surface area contributed by atoms with Gasteiger partial charge in [-0.15, -0.1) is 0 Å². The van der Waals surface area contributed by atoms with E-state index in [1.165, 1.54) is 6.07 Å². The molecule has 5 nitrogen and oxygen atoms in total. The van der Waals surface area contributed by atoms with E-state index < -0.39 is 5.97 Å². The first-order valence-corrected chi connectivity index (χ1v) is 5.80. The Bertz CT molecular complexity index is 443. The van der Waals surface area contributed by atoms with Crippen LogP contribution in [-0.4, -0.2) is 28.6 Å². The highest BCUT2D eigenvalue weighted by molar-refractivity contribution is 5.96. The van der Waals surface area contributed by atoms with Gasteiger partial charge in [-0.25, -0.2) is 0 Å². The van der Waals surface area contributed by atoms with E-state index in [0.29, 0.717) is 19.4 Å². The summed E-state index contributed by atoms with van der Waals surface area (Å²) in [7, 11) is 0. The number of rotatable bonds is 6. The van der Waals surface area contributed by atoms with Crippen molar-refractivity contribution in [2.75, 3.05) is 6.54 Å². The smallest absolute Gasteiger partial charge is 0.303 e. The van der Waals surface area contributed by atoms with Crippen LogP contribution >= 0.6 is 0 Å². The van der Waals surface area contributed by atoms with Crippen molar-refractivity contribution in [2.24, 2.45) is 0 Å². The van der Waals surface area contributed by atoms with E-state index in [1.54, 1.807) is 12.1 Å². The van der Waals surface area contributed by atoms with Gasteiger partial charge in [-0.2, -0.15) is 0 Å². The van der Waals surface area contributed by atoms with Crippen LogP contribution in [0, 0.1) is 6.92 Å². The Balaban J connectivity index is 2.39. The third-order valence-corrected chi connectivity index (χ3v) is 2.50.